The van der Waals surface area contributed by atoms with Crippen LogP contribution in [0, 0.1) is 6.92 Å². The van der Waals surface area contributed by atoms with E-state index in [1.165, 1.54) is 0 Å². The molecule has 0 aromatic carbocycles. The summed E-state index contributed by atoms with van der Waals surface area (Å²) in [5.41, 5.74) is 3.48. The van der Waals surface area contributed by atoms with Crippen LogP contribution in [0.1, 0.15) is 60.4 Å². The van der Waals surface area contributed by atoms with Gasteiger partial charge in [-0.2, -0.15) is 0 Å². The van der Waals surface area contributed by atoms with Crippen LogP contribution in [-0.4, -0.2) is 41.2 Å². The first-order valence-corrected chi connectivity index (χ1v) is 10.5. The van der Waals surface area contributed by atoms with Crippen molar-refractivity contribution in [3.63, 3.8) is 0 Å². The highest BCUT2D eigenvalue weighted by Gasteiger charge is 2.27. The van der Waals surface area contributed by atoms with Crippen LogP contribution in [0.4, 0.5) is 5.82 Å². The average Bonchev–Trinajstić information content (AvgIpc) is 3.31. The number of hydrogen-bond donors (Lipinski definition) is 1. The first-order valence-electron chi connectivity index (χ1n) is 10.5. The second-order valence-corrected chi connectivity index (χ2v) is 8.18. The zero-order chi connectivity index (χ0) is 22.2. The third-order valence-electron chi connectivity index (χ3n) is 5.33. The zero-order valence-electron chi connectivity index (χ0n) is 18.0. The second-order valence-electron chi connectivity index (χ2n) is 8.18. The Bertz CT molecular complexity index is 1290. The van der Waals surface area contributed by atoms with Gasteiger partial charge < -0.3 is 9.84 Å². The van der Waals surface area contributed by atoms with Crippen LogP contribution in [0.25, 0.3) is 22.8 Å². The van der Waals surface area contributed by atoms with E-state index in [0.717, 1.165) is 29.7 Å². The standard InChI is InChI=1S/C22H22N8O2/c1-12(2)30-21(26-28-29-30)16-5-4-6-20(24-16)25-22(31)18-9-15(13(3)11-23-18)19-10-17(27-32-19)14-7-8-14/h4-6,9-12,14H,7-8H2,1-3H3,(H,24,25,31). The molecule has 32 heavy (non-hydrogen) atoms. The number of pyridine rings is 2. The number of nitrogens with zero attached hydrogens (tertiary/aromatic N) is 7. The number of anilines is 1. The quantitative estimate of drug-likeness (QED) is 0.490. The molecule has 10 nitrogen and oxygen atoms in total. The lowest BCUT2D eigenvalue weighted by atomic mass is 10.1. The molecule has 4 heterocycles. The van der Waals surface area contributed by atoms with Crippen LogP contribution in [-0.2, 0) is 0 Å². The predicted molar refractivity (Wildman–Crippen MR) is 116 cm³/mol. The highest BCUT2D eigenvalue weighted by molar-refractivity contribution is 6.03. The molecule has 162 valence electrons. The minimum absolute atomic E-state index is 0.0757. The van der Waals surface area contributed by atoms with E-state index in [2.05, 4.69) is 36.0 Å². The molecule has 1 fully saturated rings. The summed E-state index contributed by atoms with van der Waals surface area (Å²) < 4.78 is 7.21. The Hall–Kier alpha value is -3.95. The molecule has 0 aliphatic heterocycles. The summed E-state index contributed by atoms with van der Waals surface area (Å²) in [6, 6.07) is 9.03. The van der Waals surface area contributed by atoms with Gasteiger partial charge in [0.2, 0.25) is 5.82 Å². The summed E-state index contributed by atoms with van der Waals surface area (Å²) in [7, 11) is 0. The van der Waals surface area contributed by atoms with E-state index < -0.39 is 0 Å². The maximum atomic E-state index is 12.9. The Morgan fingerprint density at radius 1 is 1.25 bits per heavy atom. The van der Waals surface area contributed by atoms with Crippen molar-refractivity contribution in [3.05, 3.63) is 53.5 Å². The summed E-state index contributed by atoms with van der Waals surface area (Å²) in [6.45, 7) is 5.88. The van der Waals surface area contributed by atoms with E-state index in [1.54, 1.807) is 35.1 Å². The molecular formula is C22H22N8O2. The Balaban J connectivity index is 1.39. The molecule has 1 N–H and O–H groups in total. The number of rotatable bonds is 6. The number of tetrazole rings is 1. The van der Waals surface area contributed by atoms with Crippen molar-refractivity contribution in [1.29, 1.82) is 0 Å². The number of carbonyl (C=O) groups is 1. The van der Waals surface area contributed by atoms with Crippen molar-refractivity contribution >= 4 is 11.7 Å². The maximum Gasteiger partial charge on any atom is 0.275 e. The Labute approximate surface area is 184 Å². The normalized spacial score (nSPS) is 13.5. The van der Waals surface area contributed by atoms with Gasteiger partial charge in [-0.25, -0.2) is 9.67 Å². The third kappa shape index (κ3) is 3.86. The van der Waals surface area contributed by atoms with Gasteiger partial charge in [-0.3, -0.25) is 9.78 Å². The Kier molecular flexibility index (Phi) is 4.96. The van der Waals surface area contributed by atoms with Gasteiger partial charge in [0.15, 0.2) is 5.76 Å². The van der Waals surface area contributed by atoms with E-state index in [9.17, 15) is 4.79 Å². The summed E-state index contributed by atoms with van der Waals surface area (Å²) in [5, 5.41) is 18.8. The second kappa shape index (κ2) is 7.95. The van der Waals surface area contributed by atoms with Gasteiger partial charge >= 0.3 is 0 Å². The molecule has 0 radical (unpaired) electrons. The smallest absolute Gasteiger partial charge is 0.275 e. The zero-order valence-corrected chi connectivity index (χ0v) is 18.0. The average molecular weight is 430 g/mol. The number of nitrogens with one attached hydrogen (secondary N) is 1. The van der Waals surface area contributed by atoms with E-state index in [0.29, 0.717) is 29.0 Å². The molecule has 0 saturated heterocycles. The summed E-state index contributed by atoms with van der Waals surface area (Å²) >= 11 is 0. The lowest BCUT2D eigenvalue weighted by Gasteiger charge is -2.09. The number of aromatic nitrogens is 7. The van der Waals surface area contributed by atoms with Gasteiger partial charge in [0.1, 0.15) is 17.2 Å². The first-order chi connectivity index (χ1) is 15.5. The van der Waals surface area contributed by atoms with Crippen molar-refractivity contribution in [1.82, 2.24) is 35.3 Å². The van der Waals surface area contributed by atoms with Crippen LogP contribution in [0.2, 0.25) is 0 Å². The molecule has 1 aliphatic carbocycles. The van der Waals surface area contributed by atoms with Crippen molar-refractivity contribution in [3.8, 4) is 22.8 Å². The van der Waals surface area contributed by atoms with Crippen LogP contribution < -0.4 is 5.32 Å². The minimum atomic E-state index is -0.374. The molecule has 4 aromatic heterocycles. The number of amides is 1. The fourth-order valence-electron chi connectivity index (χ4n) is 3.42. The molecule has 1 aliphatic rings. The SMILES string of the molecule is Cc1cnc(C(=O)Nc2cccc(-c3nnnn3C(C)C)n2)cc1-c1cc(C2CC2)no1. The molecule has 5 rings (SSSR count). The molecule has 10 heteroatoms. The summed E-state index contributed by atoms with van der Waals surface area (Å²) in [6.07, 6.45) is 3.94. The van der Waals surface area contributed by atoms with E-state index in [1.807, 2.05) is 26.8 Å². The Morgan fingerprint density at radius 3 is 2.88 bits per heavy atom. The highest BCUT2D eigenvalue weighted by atomic mass is 16.5. The number of hydrogen-bond acceptors (Lipinski definition) is 8. The van der Waals surface area contributed by atoms with Crippen molar-refractivity contribution in [2.75, 3.05) is 5.32 Å². The van der Waals surface area contributed by atoms with E-state index in [4.69, 9.17) is 4.52 Å². The minimum Gasteiger partial charge on any atom is -0.356 e. The van der Waals surface area contributed by atoms with E-state index in [-0.39, 0.29) is 17.6 Å². The van der Waals surface area contributed by atoms with Gasteiger partial charge in [0.05, 0.1) is 11.7 Å². The molecule has 1 saturated carbocycles. The van der Waals surface area contributed by atoms with Crippen molar-refractivity contribution < 1.29 is 9.32 Å². The summed E-state index contributed by atoms with van der Waals surface area (Å²) in [4.78, 5) is 21.7. The van der Waals surface area contributed by atoms with Crippen LogP contribution in [0.3, 0.4) is 0 Å². The van der Waals surface area contributed by atoms with Gasteiger partial charge in [-0.05, 0) is 67.8 Å². The van der Waals surface area contributed by atoms with Gasteiger partial charge in [-0.15, -0.1) is 5.10 Å². The monoisotopic (exact) mass is 430 g/mol. The van der Waals surface area contributed by atoms with E-state index >= 15 is 0 Å². The fourth-order valence-corrected chi connectivity index (χ4v) is 3.42. The van der Waals surface area contributed by atoms with Crippen molar-refractivity contribution in [2.24, 2.45) is 0 Å². The molecule has 1 amide bonds. The molecule has 0 unspecified atom stereocenters. The topological polar surface area (TPSA) is 125 Å². The lowest BCUT2D eigenvalue weighted by molar-refractivity contribution is 0.102. The predicted octanol–water partition coefficient (Wildman–Crippen LogP) is 3.80. The van der Waals surface area contributed by atoms with Crippen LogP contribution in [0.5, 0.6) is 0 Å². The van der Waals surface area contributed by atoms with Crippen LogP contribution >= 0.6 is 0 Å². The van der Waals surface area contributed by atoms with Gasteiger partial charge in [-0.1, -0.05) is 11.2 Å². The van der Waals surface area contributed by atoms with Gasteiger partial charge in [0, 0.05) is 23.7 Å². The lowest BCUT2D eigenvalue weighted by Crippen LogP contribution is -2.15. The molecule has 0 bridgehead atoms. The van der Waals surface area contributed by atoms with Crippen molar-refractivity contribution in [2.45, 2.75) is 45.6 Å². The molecule has 0 atom stereocenters. The molecular weight excluding hydrogens is 408 g/mol. The van der Waals surface area contributed by atoms with Crippen LogP contribution in [0.15, 0.2) is 41.1 Å². The number of aryl methyl sites for hydroxylation is 1. The highest BCUT2D eigenvalue weighted by Crippen LogP contribution is 2.40. The first kappa shape index (κ1) is 20.0. The molecule has 4 aromatic rings. The Morgan fingerprint density at radius 2 is 2.09 bits per heavy atom. The fraction of sp³-hybridized carbons (Fsp3) is 0.318. The third-order valence-corrected chi connectivity index (χ3v) is 5.33. The summed E-state index contributed by atoms with van der Waals surface area (Å²) in [5.74, 6) is 1.67. The largest absolute Gasteiger partial charge is 0.356 e. The number of carbonyl (C=O) groups excluding carboxylic acids is 1. The van der Waals surface area contributed by atoms with Gasteiger partial charge in [0.25, 0.3) is 5.91 Å². The maximum absolute atomic E-state index is 12.9. The molecule has 0 spiro atoms.